The average Bonchev–Trinajstić information content (AvgIpc) is 2.84. The molecule has 0 unspecified atom stereocenters. The Morgan fingerprint density at radius 2 is 2.17 bits per heavy atom. The summed E-state index contributed by atoms with van der Waals surface area (Å²) in [5.41, 5.74) is 1.35. The van der Waals surface area contributed by atoms with Crippen LogP contribution in [0.25, 0.3) is 22.4 Å². The van der Waals surface area contributed by atoms with Crippen molar-refractivity contribution in [1.82, 2.24) is 9.97 Å². The highest BCUT2D eigenvalue weighted by atomic mass is 35.5. The van der Waals surface area contributed by atoms with Gasteiger partial charge in [-0.1, -0.05) is 23.7 Å². The van der Waals surface area contributed by atoms with Crippen LogP contribution in [0.1, 0.15) is 0 Å². The Kier molecular flexibility index (Phi) is 2.64. The first-order chi connectivity index (χ1) is 8.78. The Balaban J connectivity index is 2.16. The number of hydrogen-bond donors (Lipinski definition) is 1. The molecule has 0 saturated heterocycles. The van der Waals surface area contributed by atoms with E-state index in [1.165, 1.54) is 0 Å². The Morgan fingerprint density at radius 3 is 2.94 bits per heavy atom. The van der Waals surface area contributed by atoms with Gasteiger partial charge in [0.05, 0.1) is 17.4 Å². The van der Waals surface area contributed by atoms with E-state index in [0.717, 1.165) is 5.39 Å². The van der Waals surface area contributed by atoms with E-state index >= 15 is 0 Å². The molecule has 3 rings (SSSR count). The molecular formula is C13H10ClN3O. The van der Waals surface area contributed by atoms with Crippen LogP contribution in [-0.4, -0.2) is 17.0 Å². The number of benzene rings is 1. The number of halogens is 1. The first-order valence-electron chi connectivity index (χ1n) is 5.46. The third-order valence-electron chi connectivity index (χ3n) is 2.64. The summed E-state index contributed by atoms with van der Waals surface area (Å²) in [6.07, 6.45) is 3.31. The lowest BCUT2D eigenvalue weighted by Crippen LogP contribution is -1.94. The molecule has 4 nitrogen and oxygen atoms in total. The van der Waals surface area contributed by atoms with Crippen LogP contribution in [0, 0.1) is 0 Å². The molecule has 0 bridgehead atoms. The Morgan fingerprint density at radius 1 is 1.28 bits per heavy atom. The van der Waals surface area contributed by atoms with Crippen molar-refractivity contribution in [1.29, 1.82) is 0 Å². The number of nitrogens with zero attached hydrogens (tertiary/aromatic N) is 2. The van der Waals surface area contributed by atoms with E-state index in [-0.39, 0.29) is 0 Å². The van der Waals surface area contributed by atoms with Crippen molar-refractivity contribution in [2.45, 2.75) is 0 Å². The van der Waals surface area contributed by atoms with E-state index in [9.17, 15) is 0 Å². The lowest BCUT2D eigenvalue weighted by Gasteiger charge is -1.99. The second kappa shape index (κ2) is 4.31. The summed E-state index contributed by atoms with van der Waals surface area (Å²) < 4.78 is 5.72. The summed E-state index contributed by atoms with van der Waals surface area (Å²) in [5, 5.41) is 4.49. The second-order valence-corrected chi connectivity index (χ2v) is 4.22. The van der Waals surface area contributed by atoms with Crippen LogP contribution in [0.2, 0.25) is 5.02 Å². The number of para-hydroxylation sites is 1. The van der Waals surface area contributed by atoms with Gasteiger partial charge in [0.15, 0.2) is 11.3 Å². The molecule has 1 N–H and O–H groups in total. The van der Waals surface area contributed by atoms with Crippen LogP contribution in [0.15, 0.2) is 41.1 Å². The molecule has 2 aromatic heterocycles. The Hall–Kier alpha value is -2.07. The van der Waals surface area contributed by atoms with Crippen LogP contribution >= 0.6 is 11.6 Å². The fourth-order valence-electron chi connectivity index (χ4n) is 1.76. The predicted molar refractivity (Wildman–Crippen MR) is 71.8 cm³/mol. The highest BCUT2D eigenvalue weighted by Gasteiger charge is 2.10. The molecule has 90 valence electrons. The molecule has 0 fully saturated rings. The summed E-state index contributed by atoms with van der Waals surface area (Å²) in [7, 11) is 1.79. The summed E-state index contributed by atoms with van der Waals surface area (Å²) in [6.45, 7) is 0. The van der Waals surface area contributed by atoms with Crippen molar-refractivity contribution < 1.29 is 4.42 Å². The Labute approximate surface area is 109 Å². The van der Waals surface area contributed by atoms with Gasteiger partial charge in [-0.2, -0.15) is 0 Å². The van der Waals surface area contributed by atoms with Crippen molar-refractivity contribution >= 4 is 28.4 Å². The second-order valence-electron chi connectivity index (χ2n) is 3.81. The van der Waals surface area contributed by atoms with E-state index in [2.05, 4.69) is 15.3 Å². The molecule has 18 heavy (non-hydrogen) atoms. The number of rotatable bonds is 2. The topological polar surface area (TPSA) is 51.0 Å². The molecule has 0 radical (unpaired) electrons. The standard InChI is InChI=1S/C13H10ClN3O/c1-15-12-7-16-6-10(17-12)11-5-8-3-2-4-9(14)13(8)18-11/h2-7H,1H3,(H,15,17). The fourth-order valence-corrected chi connectivity index (χ4v) is 1.98. The molecule has 0 spiro atoms. The van der Waals surface area contributed by atoms with Crippen molar-refractivity contribution in [3.63, 3.8) is 0 Å². The molecule has 1 aromatic carbocycles. The third-order valence-corrected chi connectivity index (χ3v) is 2.94. The minimum absolute atomic E-state index is 0.594. The zero-order valence-electron chi connectivity index (χ0n) is 9.64. The van der Waals surface area contributed by atoms with Crippen molar-refractivity contribution in [2.24, 2.45) is 0 Å². The summed E-state index contributed by atoms with van der Waals surface area (Å²) in [4.78, 5) is 8.48. The van der Waals surface area contributed by atoms with Gasteiger partial charge < -0.3 is 9.73 Å². The van der Waals surface area contributed by atoms with Crippen LogP contribution < -0.4 is 5.32 Å². The molecule has 5 heteroatoms. The van der Waals surface area contributed by atoms with Gasteiger partial charge in [-0.3, -0.25) is 4.98 Å². The number of anilines is 1. The smallest absolute Gasteiger partial charge is 0.155 e. The maximum absolute atomic E-state index is 6.07. The van der Waals surface area contributed by atoms with Crippen molar-refractivity contribution in [2.75, 3.05) is 12.4 Å². The molecular weight excluding hydrogens is 250 g/mol. The van der Waals surface area contributed by atoms with E-state index in [1.807, 2.05) is 18.2 Å². The number of fused-ring (bicyclic) bond motifs is 1. The van der Waals surface area contributed by atoms with E-state index in [1.54, 1.807) is 25.5 Å². The molecule has 3 aromatic rings. The monoisotopic (exact) mass is 259 g/mol. The van der Waals surface area contributed by atoms with Crippen LogP contribution in [0.4, 0.5) is 5.82 Å². The highest BCUT2D eigenvalue weighted by molar-refractivity contribution is 6.34. The minimum Gasteiger partial charge on any atom is -0.453 e. The largest absolute Gasteiger partial charge is 0.453 e. The van der Waals surface area contributed by atoms with Gasteiger partial charge in [0.25, 0.3) is 0 Å². The average molecular weight is 260 g/mol. The predicted octanol–water partition coefficient (Wildman–Crippen LogP) is 3.58. The highest BCUT2D eigenvalue weighted by Crippen LogP contribution is 2.31. The van der Waals surface area contributed by atoms with Gasteiger partial charge >= 0.3 is 0 Å². The first kappa shape index (κ1) is 11.0. The van der Waals surface area contributed by atoms with Crippen LogP contribution in [0.5, 0.6) is 0 Å². The summed E-state index contributed by atoms with van der Waals surface area (Å²) >= 11 is 6.07. The number of aromatic nitrogens is 2. The maximum Gasteiger partial charge on any atom is 0.155 e. The lowest BCUT2D eigenvalue weighted by molar-refractivity contribution is 0.628. The Bertz CT molecular complexity index is 708. The molecule has 0 saturated carbocycles. The van der Waals surface area contributed by atoms with E-state index < -0.39 is 0 Å². The molecule has 0 atom stereocenters. The van der Waals surface area contributed by atoms with Crippen molar-refractivity contribution in [3.8, 4) is 11.5 Å². The van der Waals surface area contributed by atoms with Crippen LogP contribution in [-0.2, 0) is 0 Å². The lowest BCUT2D eigenvalue weighted by atomic mass is 10.2. The zero-order chi connectivity index (χ0) is 12.5. The van der Waals surface area contributed by atoms with Gasteiger partial charge in [0, 0.05) is 12.4 Å². The van der Waals surface area contributed by atoms with E-state index in [4.69, 9.17) is 16.0 Å². The molecule has 0 amide bonds. The normalized spacial score (nSPS) is 10.8. The zero-order valence-corrected chi connectivity index (χ0v) is 10.4. The van der Waals surface area contributed by atoms with Gasteiger partial charge in [-0.25, -0.2) is 4.98 Å². The number of hydrogen-bond acceptors (Lipinski definition) is 4. The SMILES string of the molecule is CNc1cncc(-c2cc3cccc(Cl)c3o2)n1. The fraction of sp³-hybridized carbons (Fsp3) is 0.0769. The van der Waals surface area contributed by atoms with Gasteiger partial charge in [0.1, 0.15) is 11.5 Å². The molecule has 0 aliphatic carbocycles. The van der Waals surface area contributed by atoms with E-state index in [0.29, 0.717) is 27.9 Å². The first-order valence-corrected chi connectivity index (χ1v) is 5.84. The summed E-state index contributed by atoms with van der Waals surface area (Å²) in [5.74, 6) is 1.35. The molecule has 2 heterocycles. The maximum atomic E-state index is 6.07. The van der Waals surface area contributed by atoms with Crippen molar-refractivity contribution in [3.05, 3.63) is 41.7 Å². The molecule has 0 aliphatic rings. The van der Waals surface area contributed by atoms with Gasteiger partial charge in [-0.05, 0) is 12.1 Å². The quantitative estimate of drug-likeness (QED) is 0.764. The number of furan rings is 1. The minimum atomic E-state index is 0.594. The number of nitrogens with one attached hydrogen (secondary N) is 1. The van der Waals surface area contributed by atoms with Gasteiger partial charge in [0.2, 0.25) is 0 Å². The van der Waals surface area contributed by atoms with Gasteiger partial charge in [-0.15, -0.1) is 0 Å². The van der Waals surface area contributed by atoms with Crippen LogP contribution in [0.3, 0.4) is 0 Å². The molecule has 0 aliphatic heterocycles. The third kappa shape index (κ3) is 1.80. The summed E-state index contributed by atoms with van der Waals surface area (Å²) in [6, 6.07) is 7.54.